The predicted molar refractivity (Wildman–Crippen MR) is 131 cm³/mol. The maximum Gasteiger partial charge on any atom is 0.337 e. The smallest absolute Gasteiger partial charge is 0.337 e. The second-order valence-electron chi connectivity index (χ2n) is 8.25. The summed E-state index contributed by atoms with van der Waals surface area (Å²) in [5.41, 5.74) is 4.28. The van der Waals surface area contributed by atoms with E-state index in [1.54, 1.807) is 36.4 Å². The van der Waals surface area contributed by atoms with Gasteiger partial charge in [0.15, 0.2) is 0 Å². The molecule has 5 nitrogen and oxygen atoms in total. The van der Waals surface area contributed by atoms with E-state index in [0.717, 1.165) is 16.7 Å². The van der Waals surface area contributed by atoms with Crippen LogP contribution in [0.5, 0.6) is 0 Å². The van der Waals surface area contributed by atoms with Crippen LogP contribution >= 0.6 is 23.2 Å². The molecular weight excluding hydrogens is 497 g/mol. The van der Waals surface area contributed by atoms with Crippen LogP contribution in [0, 0.1) is 6.92 Å². The molecule has 1 heterocycles. The lowest BCUT2D eigenvalue weighted by atomic mass is 9.90. The van der Waals surface area contributed by atoms with Crippen molar-refractivity contribution in [3.8, 4) is 11.1 Å². The summed E-state index contributed by atoms with van der Waals surface area (Å²) in [6.45, 7) is 1.92. The molecule has 4 rings (SSSR count). The van der Waals surface area contributed by atoms with Gasteiger partial charge in [0, 0.05) is 22.0 Å². The monoisotopic (exact) mass is 516 g/mol. The summed E-state index contributed by atoms with van der Waals surface area (Å²) in [5, 5.41) is 14.9. The molecule has 0 aliphatic carbocycles. The summed E-state index contributed by atoms with van der Waals surface area (Å²) in [7, 11) is 0. The number of carboxylic acid groups (broad SMARTS) is 1. The highest BCUT2D eigenvalue weighted by molar-refractivity contribution is 6.30. The van der Waals surface area contributed by atoms with Crippen LogP contribution in [0.15, 0.2) is 71.8 Å². The number of halogens is 4. The van der Waals surface area contributed by atoms with Gasteiger partial charge < -0.3 is 5.11 Å². The van der Waals surface area contributed by atoms with Crippen molar-refractivity contribution >= 4 is 40.8 Å². The topological polar surface area (TPSA) is 70.0 Å². The molecule has 9 heteroatoms. The molecule has 1 atom stereocenters. The molecule has 1 aliphatic rings. The van der Waals surface area contributed by atoms with Gasteiger partial charge in [0.05, 0.1) is 11.8 Å². The van der Waals surface area contributed by atoms with Gasteiger partial charge in [-0.15, -0.1) is 0 Å². The molecule has 1 aliphatic heterocycles. The number of aryl methyl sites for hydroxylation is 1. The highest BCUT2D eigenvalue weighted by Gasteiger charge is 2.48. The second-order valence-corrected chi connectivity index (χ2v) is 9.12. The van der Waals surface area contributed by atoms with E-state index in [0.29, 0.717) is 31.9 Å². The molecular formula is C26H20Cl2F2N2O3. The Kier molecular flexibility index (Phi) is 6.92. The van der Waals surface area contributed by atoms with Crippen LogP contribution in [-0.2, 0) is 9.59 Å². The van der Waals surface area contributed by atoms with E-state index < -0.39 is 30.3 Å². The molecule has 3 aromatic rings. The van der Waals surface area contributed by atoms with Crippen molar-refractivity contribution in [2.75, 3.05) is 0 Å². The Hall–Kier alpha value is -3.29. The molecule has 35 heavy (non-hydrogen) atoms. The Bertz CT molecular complexity index is 1310. The average molecular weight is 517 g/mol. The highest BCUT2D eigenvalue weighted by Crippen LogP contribution is 2.39. The molecule has 0 saturated heterocycles. The molecule has 3 aromatic carbocycles. The van der Waals surface area contributed by atoms with Crippen molar-refractivity contribution < 1.29 is 23.5 Å². The molecule has 1 N–H and O–H groups in total. The van der Waals surface area contributed by atoms with Crippen LogP contribution in [0.1, 0.15) is 35.6 Å². The third kappa shape index (κ3) is 5.21. The number of nitrogens with zero attached hydrogens (tertiary/aromatic N) is 2. The number of carbonyl (C=O) groups excluding carboxylic acids is 1. The number of alkyl halides is 2. The minimum Gasteiger partial charge on any atom is -0.481 e. The van der Waals surface area contributed by atoms with Gasteiger partial charge in [-0.1, -0.05) is 65.7 Å². The summed E-state index contributed by atoms with van der Waals surface area (Å²) in [6, 6.07) is 18.4. The largest absolute Gasteiger partial charge is 0.481 e. The number of benzene rings is 3. The number of carboxylic acids is 1. The van der Waals surface area contributed by atoms with Crippen LogP contribution in [0.3, 0.4) is 0 Å². The molecule has 0 fully saturated rings. The fourth-order valence-corrected chi connectivity index (χ4v) is 4.40. The van der Waals surface area contributed by atoms with E-state index in [9.17, 15) is 18.4 Å². The van der Waals surface area contributed by atoms with Crippen LogP contribution < -0.4 is 0 Å². The molecule has 0 spiro atoms. The van der Waals surface area contributed by atoms with Crippen molar-refractivity contribution in [1.82, 2.24) is 5.01 Å². The van der Waals surface area contributed by atoms with Crippen LogP contribution in [-0.4, -0.2) is 33.6 Å². The number of aliphatic carboxylic acids is 1. The molecule has 0 saturated carbocycles. The summed E-state index contributed by atoms with van der Waals surface area (Å²) in [5.74, 6) is -7.57. The van der Waals surface area contributed by atoms with E-state index in [1.165, 1.54) is 0 Å². The Morgan fingerprint density at radius 1 is 1.03 bits per heavy atom. The van der Waals surface area contributed by atoms with Gasteiger partial charge >= 0.3 is 17.8 Å². The standard InChI is InChI=1S/C26H20Cl2F2N2O3/c1-15-3-2-4-20(24(15)17-7-11-19(28)12-8-17)21-13-22(16-5-9-18(27)10-6-16)32(31-21)25(35)26(29,30)14-23(33)34/h2-12,22H,13-14H2,1H3,(H,33,34)/t22-/m1/s1. The zero-order chi connectivity index (χ0) is 25.3. The maximum atomic E-state index is 14.6. The first-order valence-corrected chi connectivity index (χ1v) is 11.4. The third-order valence-corrected chi connectivity index (χ3v) is 6.28. The molecule has 0 aromatic heterocycles. The minimum atomic E-state index is -4.12. The predicted octanol–water partition coefficient (Wildman–Crippen LogP) is 6.76. The average Bonchev–Trinajstić information content (AvgIpc) is 3.24. The summed E-state index contributed by atoms with van der Waals surface area (Å²) in [4.78, 5) is 23.8. The zero-order valence-electron chi connectivity index (χ0n) is 18.5. The van der Waals surface area contributed by atoms with E-state index in [2.05, 4.69) is 5.10 Å². The van der Waals surface area contributed by atoms with Gasteiger partial charge in [0.2, 0.25) is 0 Å². The number of hydrogen-bond donors (Lipinski definition) is 1. The SMILES string of the molecule is Cc1cccc(C2=NN(C(=O)C(F)(F)CC(=O)O)[C@@H](c3ccc(Cl)cc3)C2)c1-c1ccc(Cl)cc1. The van der Waals surface area contributed by atoms with Crippen molar-refractivity contribution in [2.45, 2.75) is 31.7 Å². The lowest BCUT2D eigenvalue weighted by Crippen LogP contribution is -2.42. The van der Waals surface area contributed by atoms with Gasteiger partial charge in [-0.2, -0.15) is 13.9 Å². The van der Waals surface area contributed by atoms with Crippen molar-refractivity contribution in [3.63, 3.8) is 0 Å². The summed E-state index contributed by atoms with van der Waals surface area (Å²) in [6.07, 6.45) is -1.47. The zero-order valence-corrected chi connectivity index (χ0v) is 20.0. The van der Waals surface area contributed by atoms with Crippen LogP contribution in [0.25, 0.3) is 11.1 Å². The fourth-order valence-electron chi connectivity index (χ4n) is 4.15. The van der Waals surface area contributed by atoms with Crippen molar-refractivity contribution in [2.24, 2.45) is 5.10 Å². The van der Waals surface area contributed by atoms with Gasteiger partial charge in [-0.3, -0.25) is 9.59 Å². The van der Waals surface area contributed by atoms with Crippen molar-refractivity contribution in [3.05, 3.63) is 93.5 Å². The first kappa shape index (κ1) is 24.8. The molecule has 1 amide bonds. The minimum absolute atomic E-state index is 0.153. The number of hydrogen-bond acceptors (Lipinski definition) is 3. The third-order valence-electron chi connectivity index (χ3n) is 5.78. The number of rotatable bonds is 6. The summed E-state index contributed by atoms with van der Waals surface area (Å²) < 4.78 is 29.1. The molecule has 0 unspecified atom stereocenters. The van der Waals surface area contributed by atoms with Gasteiger partial charge in [0.1, 0.15) is 6.42 Å². The normalized spacial score (nSPS) is 15.7. The van der Waals surface area contributed by atoms with E-state index >= 15 is 0 Å². The number of amides is 1. The van der Waals surface area contributed by atoms with Crippen molar-refractivity contribution in [1.29, 1.82) is 0 Å². The lowest BCUT2D eigenvalue weighted by Gasteiger charge is -2.25. The van der Waals surface area contributed by atoms with Gasteiger partial charge in [-0.25, -0.2) is 5.01 Å². The Balaban J connectivity index is 1.81. The Morgan fingerprint density at radius 2 is 1.63 bits per heavy atom. The maximum absolute atomic E-state index is 14.6. The van der Waals surface area contributed by atoms with E-state index in [1.807, 2.05) is 37.3 Å². The fraction of sp³-hybridized carbons (Fsp3) is 0.192. The molecule has 0 bridgehead atoms. The number of carbonyl (C=O) groups is 2. The van der Waals surface area contributed by atoms with Crippen LogP contribution in [0.4, 0.5) is 8.78 Å². The quantitative estimate of drug-likeness (QED) is 0.393. The Morgan fingerprint density at radius 3 is 2.23 bits per heavy atom. The first-order valence-electron chi connectivity index (χ1n) is 10.7. The highest BCUT2D eigenvalue weighted by atomic mass is 35.5. The number of hydrazone groups is 1. The molecule has 0 radical (unpaired) electrons. The molecule has 180 valence electrons. The van der Waals surface area contributed by atoms with E-state index in [4.69, 9.17) is 28.3 Å². The van der Waals surface area contributed by atoms with Gasteiger partial charge in [-0.05, 0) is 53.4 Å². The lowest BCUT2D eigenvalue weighted by molar-refractivity contribution is -0.167. The Labute approximate surface area is 210 Å². The van der Waals surface area contributed by atoms with Gasteiger partial charge in [0.25, 0.3) is 0 Å². The second kappa shape index (κ2) is 9.76. The van der Waals surface area contributed by atoms with E-state index in [-0.39, 0.29) is 6.42 Å². The van der Waals surface area contributed by atoms with Crippen LogP contribution in [0.2, 0.25) is 10.0 Å². The summed E-state index contributed by atoms with van der Waals surface area (Å²) >= 11 is 12.0. The first-order chi connectivity index (χ1) is 16.6.